The molecule has 4 heterocycles. The minimum atomic E-state index is 0.123. The van der Waals surface area contributed by atoms with Crippen molar-refractivity contribution in [1.29, 1.82) is 0 Å². The van der Waals surface area contributed by atoms with Crippen LogP contribution >= 0.6 is 0 Å². The number of hydrogen-bond acceptors (Lipinski definition) is 6. The zero-order valence-corrected chi connectivity index (χ0v) is 18.8. The molecular weight excluding hydrogens is 412 g/mol. The van der Waals surface area contributed by atoms with Crippen molar-refractivity contribution < 1.29 is 4.84 Å². The van der Waals surface area contributed by atoms with Crippen LogP contribution in [-0.2, 0) is 17.8 Å². The molecule has 7 nitrogen and oxygen atoms in total. The predicted octanol–water partition coefficient (Wildman–Crippen LogP) is 4.96. The zero-order valence-electron chi connectivity index (χ0n) is 18.8. The van der Waals surface area contributed by atoms with E-state index in [1.165, 1.54) is 16.7 Å². The normalized spacial score (nSPS) is 18.6. The number of nitrogens with zero attached hydrogens (tertiary/aromatic N) is 4. The molecule has 2 aliphatic heterocycles. The highest BCUT2D eigenvalue weighted by Crippen LogP contribution is 2.37. The number of rotatable bonds is 5. The Morgan fingerprint density at radius 1 is 1.09 bits per heavy atom. The summed E-state index contributed by atoms with van der Waals surface area (Å²) in [4.78, 5) is 21.4. The summed E-state index contributed by atoms with van der Waals surface area (Å²) in [5.74, 6) is 1.35. The van der Waals surface area contributed by atoms with Crippen molar-refractivity contribution in [3.8, 4) is 0 Å². The third-order valence-corrected chi connectivity index (χ3v) is 6.69. The smallest absolute Gasteiger partial charge is 0.231 e. The third-order valence-electron chi connectivity index (χ3n) is 6.69. The van der Waals surface area contributed by atoms with Crippen LogP contribution in [0.1, 0.15) is 36.1 Å². The summed E-state index contributed by atoms with van der Waals surface area (Å²) in [6.07, 6.45) is 3.89. The van der Waals surface area contributed by atoms with E-state index in [4.69, 9.17) is 14.8 Å². The maximum Gasteiger partial charge on any atom is 0.231 e. The van der Waals surface area contributed by atoms with Gasteiger partial charge in [-0.3, -0.25) is 9.74 Å². The topological polar surface area (TPSA) is 69.3 Å². The van der Waals surface area contributed by atoms with Crippen LogP contribution in [0.15, 0.2) is 60.8 Å². The lowest BCUT2D eigenvalue weighted by atomic mass is 9.99. The van der Waals surface area contributed by atoms with Gasteiger partial charge in [0, 0.05) is 31.4 Å². The van der Waals surface area contributed by atoms with E-state index in [0.29, 0.717) is 12.6 Å². The Hall–Kier alpha value is -3.42. The summed E-state index contributed by atoms with van der Waals surface area (Å²) in [7, 11) is 0. The molecule has 2 aromatic heterocycles. The fourth-order valence-electron chi connectivity index (χ4n) is 4.89. The molecule has 0 bridgehead atoms. The molecule has 0 amide bonds. The quantitative estimate of drug-likeness (QED) is 0.457. The first-order chi connectivity index (χ1) is 16.3. The van der Waals surface area contributed by atoms with E-state index in [9.17, 15) is 0 Å². The van der Waals surface area contributed by atoms with Gasteiger partial charge in [-0.1, -0.05) is 43.3 Å². The van der Waals surface area contributed by atoms with Gasteiger partial charge < -0.3 is 10.3 Å². The number of hydroxylamine groups is 1. The van der Waals surface area contributed by atoms with Gasteiger partial charge in [-0.15, -0.1) is 0 Å². The molecule has 168 valence electrons. The number of H-pyrrole nitrogens is 1. The van der Waals surface area contributed by atoms with Gasteiger partial charge >= 0.3 is 0 Å². The van der Waals surface area contributed by atoms with Crippen molar-refractivity contribution in [2.75, 3.05) is 30.1 Å². The molecule has 0 radical (unpaired) electrons. The van der Waals surface area contributed by atoms with Crippen LogP contribution < -0.4 is 10.4 Å². The summed E-state index contributed by atoms with van der Waals surface area (Å²) < 4.78 is 0. The Morgan fingerprint density at radius 2 is 2.00 bits per heavy atom. The van der Waals surface area contributed by atoms with Gasteiger partial charge in [0.2, 0.25) is 5.95 Å². The molecule has 1 saturated heterocycles. The molecule has 0 unspecified atom stereocenters. The molecule has 4 aromatic rings. The first kappa shape index (κ1) is 20.2. The molecule has 7 heteroatoms. The predicted molar refractivity (Wildman–Crippen MR) is 130 cm³/mol. The molecule has 6 rings (SSSR count). The average molecular weight is 441 g/mol. The molecule has 2 aliphatic rings. The Kier molecular flexibility index (Phi) is 5.20. The van der Waals surface area contributed by atoms with Crippen LogP contribution in [0.2, 0.25) is 0 Å². The summed E-state index contributed by atoms with van der Waals surface area (Å²) in [6.45, 7) is 6.11. The van der Waals surface area contributed by atoms with Crippen molar-refractivity contribution >= 4 is 28.5 Å². The molecule has 33 heavy (non-hydrogen) atoms. The maximum absolute atomic E-state index is 6.08. The number of likely N-dealkylation sites (N-methyl/N-ethyl adjacent to an activating group) is 1. The van der Waals surface area contributed by atoms with Gasteiger partial charge in [0.1, 0.15) is 5.65 Å². The fraction of sp³-hybridized carbons (Fsp3) is 0.308. The van der Waals surface area contributed by atoms with Gasteiger partial charge in [-0.25, -0.2) is 5.06 Å². The van der Waals surface area contributed by atoms with Crippen molar-refractivity contribution in [3.05, 3.63) is 77.5 Å². The Bertz CT molecular complexity index is 1270. The van der Waals surface area contributed by atoms with E-state index in [1.807, 2.05) is 23.4 Å². The SMILES string of the molecule is CCN1CCc2cc(Nc3nc(N4OCC[C@H]4c4ccccc4)c4cc[nH]c4n3)ccc2C1. The first-order valence-electron chi connectivity index (χ1n) is 11.7. The number of anilines is 3. The highest BCUT2D eigenvalue weighted by Gasteiger charge is 2.31. The van der Waals surface area contributed by atoms with Gasteiger partial charge in [0.25, 0.3) is 0 Å². The van der Waals surface area contributed by atoms with Crippen molar-refractivity contribution in [1.82, 2.24) is 19.9 Å². The summed E-state index contributed by atoms with van der Waals surface area (Å²) in [5, 5.41) is 6.34. The van der Waals surface area contributed by atoms with E-state index in [-0.39, 0.29) is 6.04 Å². The lowest BCUT2D eigenvalue weighted by Crippen LogP contribution is -2.30. The standard InChI is InChI=1S/C26H28N6O/c1-2-31-14-11-19-16-21(9-8-20(19)17-31)28-26-29-24-22(10-13-27-24)25(30-26)32-23(12-15-33-32)18-6-4-3-5-7-18/h3-10,13,16,23H,2,11-12,14-15,17H2,1H3,(H2,27,28,29,30)/t23-/m0/s1. The van der Waals surface area contributed by atoms with Crippen molar-refractivity contribution in [2.45, 2.75) is 32.4 Å². The van der Waals surface area contributed by atoms with E-state index in [1.54, 1.807) is 0 Å². The second-order valence-electron chi connectivity index (χ2n) is 8.71. The van der Waals surface area contributed by atoms with Gasteiger partial charge in [-0.05, 0) is 47.9 Å². The number of hydrogen-bond donors (Lipinski definition) is 2. The van der Waals surface area contributed by atoms with E-state index < -0.39 is 0 Å². The molecular formula is C26H28N6O. The Balaban J connectivity index is 1.33. The van der Waals surface area contributed by atoms with Crippen LogP contribution in [0.3, 0.4) is 0 Å². The summed E-state index contributed by atoms with van der Waals surface area (Å²) in [5.41, 5.74) is 5.84. The van der Waals surface area contributed by atoms with Crippen LogP contribution in [0.25, 0.3) is 11.0 Å². The molecule has 1 fully saturated rings. The fourth-order valence-corrected chi connectivity index (χ4v) is 4.89. The number of aromatic nitrogens is 3. The molecule has 1 atom stereocenters. The largest absolute Gasteiger partial charge is 0.346 e. The summed E-state index contributed by atoms with van der Waals surface area (Å²) >= 11 is 0. The lowest BCUT2D eigenvalue weighted by molar-refractivity contribution is 0.157. The molecule has 0 spiro atoms. The van der Waals surface area contributed by atoms with Gasteiger partial charge in [-0.2, -0.15) is 9.97 Å². The number of nitrogens with one attached hydrogen (secondary N) is 2. The van der Waals surface area contributed by atoms with E-state index in [2.05, 4.69) is 64.6 Å². The average Bonchev–Trinajstić information content (AvgIpc) is 3.54. The second kappa shape index (κ2) is 8.50. The monoisotopic (exact) mass is 440 g/mol. The van der Waals surface area contributed by atoms with Crippen LogP contribution in [-0.4, -0.2) is 39.5 Å². The van der Waals surface area contributed by atoms with Gasteiger partial charge in [0.05, 0.1) is 18.0 Å². The van der Waals surface area contributed by atoms with Crippen molar-refractivity contribution in [2.24, 2.45) is 0 Å². The Labute approximate surface area is 193 Å². The number of fused-ring (bicyclic) bond motifs is 2. The molecule has 0 saturated carbocycles. The first-order valence-corrected chi connectivity index (χ1v) is 11.7. The minimum Gasteiger partial charge on any atom is -0.346 e. The number of benzene rings is 2. The Morgan fingerprint density at radius 3 is 2.88 bits per heavy atom. The highest BCUT2D eigenvalue weighted by molar-refractivity contribution is 5.88. The highest BCUT2D eigenvalue weighted by atomic mass is 16.7. The maximum atomic E-state index is 6.08. The molecule has 0 aliphatic carbocycles. The van der Waals surface area contributed by atoms with E-state index >= 15 is 0 Å². The van der Waals surface area contributed by atoms with Crippen LogP contribution in [0.5, 0.6) is 0 Å². The number of aromatic amines is 1. The van der Waals surface area contributed by atoms with Gasteiger partial charge in [0.15, 0.2) is 5.82 Å². The van der Waals surface area contributed by atoms with Crippen LogP contribution in [0.4, 0.5) is 17.5 Å². The third kappa shape index (κ3) is 3.83. The minimum absolute atomic E-state index is 0.123. The second-order valence-corrected chi connectivity index (χ2v) is 8.71. The zero-order chi connectivity index (χ0) is 22.2. The lowest BCUT2D eigenvalue weighted by Gasteiger charge is -2.28. The summed E-state index contributed by atoms with van der Waals surface area (Å²) in [6, 6.07) is 19.2. The molecule has 2 N–H and O–H groups in total. The van der Waals surface area contributed by atoms with Crippen LogP contribution in [0, 0.1) is 0 Å². The molecule has 2 aromatic carbocycles. The van der Waals surface area contributed by atoms with Crippen molar-refractivity contribution in [3.63, 3.8) is 0 Å². The van der Waals surface area contributed by atoms with E-state index in [0.717, 1.165) is 55.0 Å².